The van der Waals surface area contributed by atoms with Crippen LogP contribution in [0.5, 0.6) is 17.2 Å². The number of ketones is 1. The molecule has 0 aliphatic carbocycles. The molecular formula is C25H29BrN2O6. The van der Waals surface area contributed by atoms with Gasteiger partial charge < -0.3 is 29.5 Å². The number of Topliss-reactive ketones (excluding diaryl/α,β-unsaturated/α-hetero) is 1. The third-order valence-corrected chi connectivity index (χ3v) is 6.63. The Morgan fingerprint density at radius 2 is 1.82 bits per heavy atom. The number of hydrogen-bond acceptors (Lipinski definition) is 7. The molecule has 8 nitrogen and oxygen atoms in total. The number of amides is 1. The van der Waals surface area contributed by atoms with Crippen LogP contribution in [-0.2, 0) is 9.59 Å². The smallest absolute Gasteiger partial charge is 0.295 e. The van der Waals surface area contributed by atoms with Gasteiger partial charge in [0.2, 0.25) is 0 Å². The summed E-state index contributed by atoms with van der Waals surface area (Å²) >= 11 is 3.32. The van der Waals surface area contributed by atoms with Crippen LogP contribution in [0.25, 0.3) is 5.76 Å². The van der Waals surface area contributed by atoms with E-state index in [1.165, 1.54) is 19.1 Å². The summed E-state index contributed by atoms with van der Waals surface area (Å²) in [6.45, 7) is 6.50. The molecule has 1 atom stereocenters. The van der Waals surface area contributed by atoms with Gasteiger partial charge in [0.15, 0.2) is 11.5 Å². The summed E-state index contributed by atoms with van der Waals surface area (Å²) in [6, 6.07) is 8.98. The molecule has 2 aromatic rings. The lowest BCUT2D eigenvalue weighted by atomic mass is 9.95. The highest BCUT2D eigenvalue weighted by Gasteiger charge is 2.46. The molecule has 3 rings (SSSR count). The van der Waals surface area contributed by atoms with E-state index in [4.69, 9.17) is 9.47 Å². The van der Waals surface area contributed by atoms with E-state index in [1.54, 1.807) is 36.4 Å². The maximum atomic E-state index is 13.2. The summed E-state index contributed by atoms with van der Waals surface area (Å²) in [5.41, 5.74) is 0.845. The number of carbonyl (C=O) groups is 2. The molecule has 2 aromatic carbocycles. The minimum absolute atomic E-state index is 0.0301. The van der Waals surface area contributed by atoms with Gasteiger partial charge >= 0.3 is 0 Å². The van der Waals surface area contributed by atoms with Crippen molar-refractivity contribution in [2.24, 2.45) is 0 Å². The van der Waals surface area contributed by atoms with Crippen molar-refractivity contribution in [2.75, 3.05) is 40.4 Å². The Morgan fingerprint density at radius 3 is 2.44 bits per heavy atom. The molecule has 1 aliphatic heterocycles. The first-order valence-corrected chi connectivity index (χ1v) is 11.8. The second-order valence-corrected chi connectivity index (χ2v) is 8.66. The number of halogens is 1. The summed E-state index contributed by atoms with van der Waals surface area (Å²) in [4.78, 5) is 30.0. The molecule has 2 N–H and O–H groups in total. The Hall–Kier alpha value is -3.04. The van der Waals surface area contributed by atoms with Crippen molar-refractivity contribution in [3.63, 3.8) is 0 Å². The third-order valence-electron chi connectivity index (χ3n) is 6.02. The van der Waals surface area contributed by atoms with Crippen LogP contribution in [-0.4, -0.2) is 72.1 Å². The number of hydrogen-bond donors (Lipinski definition) is 2. The fraction of sp³-hybridized carbons (Fsp3) is 0.360. The van der Waals surface area contributed by atoms with Crippen LogP contribution in [0.15, 0.2) is 46.4 Å². The summed E-state index contributed by atoms with van der Waals surface area (Å²) in [7, 11) is 2.92. The summed E-state index contributed by atoms with van der Waals surface area (Å²) in [5, 5.41) is 21.5. The number of likely N-dealkylation sites (tertiary alicyclic amines) is 1. The summed E-state index contributed by atoms with van der Waals surface area (Å²) < 4.78 is 10.9. The molecule has 182 valence electrons. The van der Waals surface area contributed by atoms with E-state index in [2.05, 4.69) is 20.8 Å². The van der Waals surface area contributed by atoms with Crippen LogP contribution in [0.3, 0.4) is 0 Å². The van der Waals surface area contributed by atoms with Gasteiger partial charge in [0.1, 0.15) is 11.5 Å². The maximum absolute atomic E-state index is 13.2. The predicted molar refractivity (Wildman–Crippen MR) is 132 cm³/mol. The average molecular weight is 533 g/mol. The number of aromatic hydroxyl groups is 1. The molecule has 1 heterocycles. The molecule has 1 fully saturated rings. The number of ether oxygens (including phenoxy) is 2. The number of phenols is 1. The standard InChI is InChI=1S/C25H29BrN2O6/c1-5-27(6-2)10-11-28-21(16-13-18(26)23(30)19(14-16)34-4)20(24(31)25(28)32)22(29)15-8-7-9-17(12-15)33-3/h7-9,12-14,21,29-30H,5-6,10-11H2,1-4H3. The van der Waals surface area contributed by atoms with Gasteiger partial charge in [0.05, 0.1) is 30.3 Å². The maximum Gasteiger partial charge on any atom is 0.295 e. The Bertz CT molecular complexity index is 1110. The van der Waals surface area contributed by atoms with Crippen molar-refractivity contribution in [2.45, 2.75) is 19.9 Å². The normalized spacial score (nSPS) is 17.5. The molecule has 1 amide bonds. The highest BCUT2D eigenvalue weighted by Crippen LogP contribution is 2.44. The van der Waals surface area contributed by atoms with Gasteiger partial charge in [-0.25, -0.2) is 0 Å². The van der Waals surface area contributed by atoms with Crippen molar-refractivity contribution in [1.29, 1.82) is 0 Å². The Morgan fingerprint density at radius 1 is 1.12 bits per heavy atom. The number of nitrogens with zero attached hydrogens (tertiary/aromatic N) is 2. The lowest BCUT2D eigenvalue weighted by Gasteiger charge is -2.28. The van der Waals surface area contributed by atoms with Crippen molar-refractivity contribution < 1.29 is 29.3 Å². The number of methoxy groups -OCH3 is 2. The number of rotatable bonds is 9. The van der Waals surface area contributed by atoms with Crippen molar-refractivity contribution in [3.05, 3.63) is 57.6 Å². The molecule has 9 heteroatoms. The minimum atomic E-state index is -0.868. The Labute approximate surface area is 207 Å². The van der Waals surface area contributed by atoms with E-state index < -0.39 is 17.7 Å². The molecule has 0 radical (unpaired) electrons. The lowest BCUT2D eigenvalue weighted by molar-refractivity contribution is -0.140. The quantitative estimate of drug-likeness (QED) is 0.286. The van der Waals surface area contributed by atoms with E-state index in [0.717, 1.165) is 13.1 Å². The molecule has 1 unspecified atom stereocenters. The molecule has 34 heavy (non-hydrogen) atoms. The van der Waals surface area contributed by atoms with E-state index in [0.29, 0.717) is 27.9 Å². The number of benzene rings is 2. The molecule has 0 saturated carbocycles. The van der Waals surface area contributed by atoms with Gasteiger partial charge in [0.25, 0.3) is 11.7 Å². The number of carbonyl (C=O) groups excluding carboxylic acids is 2. The molecule has 0 aromatic heterocycles. The SMILES string of the molecule is CCN(CC)CCN1C(=O)C(=O)C(=C(O)c2cccc(OC)c2)C1c1cc(Br)c(O)c(OC)c1. The Balaban J connectivity index is 2.19. The van der Waals surface area contributed by atoms with Gasteiger partial charge in [-0.3, -0.25) is 9.59 Å². The zero-order chi connectivity index (χ0) is 25.0. The van der Waals surface area contributed by atoms with E-state index in [9.17, 15) is 19.8 Å². The molecule has 1 aliphatic rings. The van der Waals surface area contributed by atoms with Crippen molar-refractivity contribution in [3.8, 4) is 17.2 Å². The lowest BCUT2D eigenvalue weighted by Crippen LogP contribution is -2.38. The highest BCUT2D eigenvalue weighted by molar-refractivity contribution is 9.10. The number of likely N-dealkylation sites (N-methyl/N-ethyl adjacent to an activating group) is 1. The van der Waals surface area contributed by atoms with Crippen LogP contribution >= 0.6 is 15.9 Å². The molecular weight excluding hydrogens is 504 g/mol. The number of phenolic OH excluding ortho intramolecular Hbond substituents is 1. The highest BCUT2D eigenvalue weighted by atomic mass is 79.9. The predicted octanol–water partition coefficient (Wildman–Crippen LogP) is 3.94. The second kappa shape index (κ2) is 10.9. The van der Waals surface area contributed by atoms with Gasteiger partial charge in [-0.05, 0) is 58.8 Å². The fourth-order valence-electron chi connectivity index (χ4n) is 4.08. The largest absolute Gasteiger partial charge is 0.507 e. The topological polar surface area (TPSA) is 99.5 Å². The van der Waals surface area contributed by atoms with E-state index >= 15 is 0 Å². The molecule has 0 bridgehead atoms. The van der Waals surface area contributed by atoms with Crippen LogP contribution in [0.1, 0.15) is 31.0 Å². The first-order valence-electron chi connectivity index (χ1n) is 11.0. The van der Waals surface area contributed by atoms with Crippen LogP contribution in [0, 0.1) is 0 Å². The zero-order valence-corrected chi connectivity index (χ0v) is 21.3. The van der Waals surface area contributed by atoms with Gasteiger partial charge in [0, 0.05) is 18.7 Å². The van der Waals surface area contributed by atoms with Crippen LogP contribution in [0.4, 0.5) is 0 Å². The first-order chi connectivity index (χ1) is 16.3. The van der Waals surface area contributed by atoms with Gasteiger partial charge in [-0.1, -0.05) is 26.0 Å². The van der Waals surface area contributed by atoms with Gasteiger partial charge in [-0.2, -0.15) is 0 Å². The van der Waals surface area contributed by atoms with Crippen molar-refractivity contribution >= 4 is 33.4 Å². The molecule has 0 spiro atoms. The van der Waals surface area contributed by atoms with Crippen LogP contribution in [0.2, 0.25) is 0 Å². The first kappa shape index (κ1) is 25.6. The number of aliphatic hydroxyl groups is 1. The van der Waals surface area contributed by atoms with E-state index in [-0.39, 0.29) is 29.4 Å². The molecule has 1 saturated heterocycles. The average Bonchev–Trinajstić information content (AvgIpc) is 3.10. The fourth-order valence-corrected chi connectivity index (χ4v) is 4.54. The second-order valence-electron chi connectivity index (χ2n) is 7.80. The minimum Gasteiger partial charge on any atom is -0.507 e. The number of aliphatic hydroxyl groups excluding tert-OH is 1. The summed E-state index contributed by atoms with van der Waals surface area (Å²) in [6.07, 6.45) is 0. The summed E-state index contributed by atoms with van der Waals surface area (Å²) in [5.74, 6) is -1.17. The van der Waals surface area contributed by atoms with Crippen molar-refractivity contribution in [1.82, 2.24) is 9.80 Å². The third kappa shape index (κ3) is 4.90. The van der Waals surface area contributed by atoms with E-state index in [1.807, 2.05) is 13.8 Å². The Kier molecular flexibility index (Phi) is 8.22. The zero-order valence-electron chi connectivity index (χ0n) is 19.7. The van der Waals surface area contributed by atoms with Gasteiger partial charge in [-0.15, -0.1) is 0 Å². The monoisotopic (exact) mass is 532 g/mol. The van der Waals surface area contributed by atoms with Crippen LogP contribution < -0.4 is 9.47 Å².